The van der Waals surface area contributed by atoms with Gasteiger partial charge in [0.2, 0.25) is 0 Å². The zero-order valence-corrected chi connectivity index (χ0v) is 10.3. The van der Waals surface area contributed by atoms with E-state index in [0.29, 0.717) is 0 Å². The number of alkyl halides is 6. The van der Waals surface area contributed by atoms with Gasteiger partial charge in [-0.1, -0.05) is 24.0 Å². The Morgan fingerprint density at radius 1 is 1.09 bits per heavy atom. The van der Waals surface area contributed by atoms with Gasteiger partial charge >= 0.3 is 18.3 Å². The van der Waals surface area contributed by atoms with Crippen LogP contribution in [0, 0.1) is 5.82 Å². The van der Waals surface area contributed by atoms with Gasteiger partial charge in [0.1, 0.15) is 5.82 Å². The molecule has 0 atom stereocenters. The Bertz CT molecular complexity index is 561. The number of hydrogen-bond acceptors (Lipinski definition) is 3. The first-order valence-corrected chi connectivity index (χ1v) is 5.40. The lowest BCUT2D eigenvalue weighted by Crippen LogP contribution is -2.45. The van der Waals surface area contributed by atoms with Crippen LogP contribution in [0.2, 0.25) is 0 Å². The second-order valence-electron chi connectivity index (χ2n) is 3.89. The average molecular weight is 331 g/mol. The van der Waals surface area contributed by atoms with E-state index in [4.69, 9.17) is 0 Å². The van der Waals surface area contributed by atoms with Crippen molar-refractivity contribution in [2.24, 2.45) is 0 Å². The van der Waals surface area contributed by atoms with Gasteiger partial charge in [-0.05, 0) is 6.07 Å². The molecule has 0 spiro atoms. The molecule has 10 heteroatoms. The van der Waals surface area contributed by atoms with Crippen LogP contribution in [0.3, 0.4) is 0 Å². The maximum atomic E-state index is 13.2. The molecule has 0 radical (unpaired) electrons. The van der Waals surface area contributed by atoms with Crippen LogP contribution in [-0.2, 0) is 9.53 Å². The highest BCUT2D eigenvalue weighted by Crippen LogP contribution is 2.35. The van der Waals surface area contributed by atoms with E-state index in [9.17, 15) is 40.6 Å². The third kappa shape index (κ3) is 4.64. The maximum absolute atomic E-state index is 13.2. The van der Waals surface area contributed by atoms with Crippen LogP contribution in [0.1, 0.15) is 5.56 Å². The summed E-state index contributed by atoms with van der Waals surface area (Å²) in [5, 5.41) is 11.4. The summed E-state index contributed by atoms with van der Waals surface area (Å²) in [6.07, 6.45) is -16.4. The molecule has 0 aromatic heterocycles. The third-order valence-electron chi connectivity index (χ3n) is 2.22. The van der Waals surface area contributed by atoms with Crippen LogP contribution in [0.15, 0.2) is 30.3 Å². The van der Waals surface area contributed by atoms with Crippen molar-refractivity contribution in [2.45, 2.75) is 18.5 Å². The van der Waals surface area contributed by atoms with Gasteiger partial charge in [0.05, 0.1) is 0 Å². The zero-order valence-electron chi connectivity index (χ0n) is 10.3. The topological polar surface area (TPSA) is 49.4 Å². The molecule has 0 aliphatic rings. The van der Waals surface area contributed by atoms with Crippen LogP contribution in [-0.4, -0.2) is 24.4 Å². The van der Waals surface area contributed by atoms with Gasteiger partial charge in [-0.15, -0.1) is 0 Å². The molecule has 0 bridgehead atoms. The molecule has 0 saturated heterocycles. The smallest absolute Gasteiger partial charge is 0.434 e. The van der Waals surface area contributed by atoms with Crippen LogP contribution in [0.4, 0.5) is 30.7 Å². The maximum Gasteiger partial charge on any atom is 0.434 e. The van der Waals surface area contributed by atoms with E-state index in [-0.39, 0.29) is 6.08 Å². The molecule has 0 N–H and O–H groups in total. The fraction of sp³-hybridized carbons (Fsp3) is 0.250. The van der Waals surface area contributed by atoms with Gasteiger partial charge in [-0.2, -0.15) is 26.3 Å². The molecule has 1 aromatic rings. The Balaban J connectivity index is 2.97. The van der Waals surface area contributed by atoms with Crippen molar-refractivity contribution >= 4 is 11.7 Å². The Hall–Kier alpha value is -2.26. The third-order valence-corrected chi connectivity index (χ3v) is 2.22. The molecule has 1 aromatic carbocycles. The van der Waals surface area contributed by atoms with Crippen molar-refractivity contribution in [1.29, 1.82) is 0 Å². The van der Waals surface area contributed by atoms with Crippen molar-refractivity contribution in [2.75, 3.05) is 0 Å². The number of carbonyl (C=O) groups excluding carboxylic acids is 1. The number of benzene rings is 1. The van der Waals surface area contributed by atoms with Crippen LogP contribution < -0.4 is 5.11 Å². The average Bonchev–Trinajstić information content (AvgIpc) is 2.33. The molecule has 122 valence electrons. The molecule has 0 saturated carbocycles. The lowest BCUT2D eigenvalue weighted by Gasteiger charge is -2.22. The lowest BCUT2D eigenvalue weighted by atomic mass is 10.1. The van der Waals surface area contributed by atoms with E-state index < -0.39 is 41.6 Å². The number of carbonyl (C=O) groups is 1. The van der Waals surface area contributed by atoms with Gasteiger partial charge in [0, 0.05) is 11.6 Å². The Labute approximate surface area is 118 Å². The SMILES string of the molecule is O=C(/C=C(\[O-])c1ccccc1F)OC(C(F)(F)F)C(F)(F)F. The van der Waals surface area contributed by atoms with Crippen molar-refractivity contribution in [3.05, 3.63) is 41.7 Å². The summed E-state index contributed by atoms with van der Waals surface area (Å²) in [5.41, 5.74) is -0.699. The predicted octanol–water partition coefficient (Wildman–Crippen LogP) is 2.56. The number of rotatable bonds is 3. The molecular formula is C12H6F7O3-. The molecule has 0 aliphatic heterocycles. The second-order valence-corrected chi connectivity index (χ2v) is 3.89. The van der Waals surface area contributed by atoms with Crippen LogP contribution in [0.25, 0.3) is 5.76 Å². The van der Waals surface area contributed by atoms with Gasteiger partial charge in [-0.25, -0.2) is 9.18 Å². The van der Waals surface area contributed by atoms with E-state index in [0.717, 1.165) is 12.1 Å². The summed E-state index contributed by atoms with van der Waals surface area (Å²) in [5.74, 6) is -4.71. The summed E-state index contributed by atoms with van der Waals surface area (Å²) < 4.78 is 89.3. The van der Waals surface area contributed by atoms with Crippen molar-refractivity contribution in [3.8, 4) is 0 Å². The first-order chi connectivity index (χ1) is 9.93. The highest BCUT2D eigenvalue weighted by Gasteiger charge is 2.59. The highest BCUT2D eigenvalue weighted by atomic mass is 19.4. The number of halogens is 7. The molecular weight excluding hydrogens is 325 g/mol. The molecule has 3 nitrogen and oxygen atoms in total. The van der Waals surface area contributed by atoms with E-state index in [1.807, 2.05) is 0 Å². The summed E-state index contributed by atoms with van der Waals surface area (Å²) in [6.45, 7) is 0. The monoisotopic (exact) mass is 331 g/mol. The molecule has 0 unspecified atom stereocenters. The van der Waals surface area contributed by atoms with E-state index in [2.05, 4.69) is 4.74 Å². The molecule has 0 heterocycles. The minimum absolute atomic E-state index is 0.192. The first kappa shape index (κ1) is 17.8. The van der Waals surface area contributed by atoms with Gasteiger partial charge in [0.25, 0.3) is 6.10 Å². The van der Waals surface area contributed by atoms with E-state index >= 15 is 0 Å². The standard InChI is InChI=1S/C12H7F7O3/c13-7-4-2-1-3-6(7)8(20)5-9(21)22-10(11(14,15)16)12(17,18)19/h1-5,10,20H/p-1/b8-5-. The highest BCUT2D eigenvalue weighted by molar-refractivity contribution is 5.89. The van der Waals surface area contributed by atoms with Crippen molar-refractivity contribution in [3.63, 3.8) is 0 Å². The summed E-state index contributed by atoms with van der Waals surface area (Å²) >= 11 is 0. The summed E-state index contributed by atoms with van der Waals surface area (Å²) in [7, 11) is 0. The predicted molar refractivity (Wildman–Crippen MR) is 56.4 cm³/mol. The van der Waals surface area contributed by atoms with Crippen molar-refractivity contribution < 1.29 is 45.4 Å². The molecule has 1 rings (SSSR count). The van der Waals surface area contributed by atoms with Gasteiger partial charge in [-0.3, -0.25) is 0 Å². The molecule has 0 aliphatic carbocycles. The Morgan fingerprint density at radius 3 is 2.05 bits per heavy atom. The first-order valence-electron chi connectivity index (χ1n) is 5.40. The fourth-order valence-corrected chi connectivity index (χ4v) is 1.32. The Kier molecular flexibility index (Phi) is 5.05. The second kappa shape index (κ2) is 6.24. The molecule has 22 heavy (non-hydrogen) atoms. The largest absolute Gasteiger partial charge is 0.872 e. The number of esters is 1. The number of ether oxygens (including phenoxy) is 1. The fourth-order valence-electron chi connectivity index (χ4n) is 1.32. The van der Waals surface area contributed by atoms with Gasteiger partial charge in [0.15, 0.2) is 0 Å². The normalized spacial score (nSPS) is 13.4. The van der Waals surface area contributed by atoms with Crippen LogP contribution >= 0.6 is 0 Å². The van der Waals surface area contributed by atoms with Gasteiger partial charge < -0.3 is 9.84 Å². The quantitative estimate of drug-likeness (QED) is 0.370. The van der Waals surface area contributed by atoms with Crippen molar-refractivity contribution in [1.82, 2.24) is 0 Å². The lowest BCUT2D eigenvalue weighted by molar-refractivity contribution is -0.312. The zero-order chi connectivity index (χ0) is 17.1. The summed E-state index contributed by atoms with van der Waals surface area (Å²) in [4.78, 5) is 11.0. The Morgan fingerprint density at radius 2 is 1.59 bits per heavy atom. The molecule has 0 amide bonds. The molecule has 0 fully saturated rings. The van der Waals surface area contributed by atoms with Crippen LogP contribution in [0.5, 0.6) is 0 Å². The minimum Gasteiger partial charge on any atom is -0.872 e. The number of hydrogen-bond donors (Lipinski definition) is 0. The summed E-state index contributed by atoms with van der Waals surface area (Å²) in [6, 6.07) is 4.09. The van der Waals surface area contributed by atoms with E-state index in [1.54, 1.807) is 0 Å². The van der Waals surface area contributed by atoms with E-state index in [1.165, 1.54) is 12.1 Å². The minimum atomic E-state index is -5.90.